The molecule has 0 radical (unpaired) electrons. The van der Waals surface area contributed by atoms with Crippen molar-refractivity contribution in [3.05, 3.63) is 11.8 Å². The molecule has 4 heteroatoms. The zero-order valence-corrected chi connectivity index (χ0v) is 8.02. The summed E-state index contributed by atoms with van der Waals surface area (Å²) in [7, 11) is 5.72. The number of hydrogen-bond donors (Lipinski definition) is 3. The average molecular weight is 168 g/mol. The highest BCUT2D eigenvalue weighted by Crippen LogP contribution is 2.23. The first kappa shape index (κ1) is 8.77. The molecule has 0 aromatic carbocycles. The van der Waals surface area contributed by atoms with Gasteiger partial charge in [-0.3, -0.25) is 0 Å². The Balaban J connectivity index is 3.13. The topological polar surface area (TPSA) is 41.0 Å². The molecule has 12 heavy (non-hydrogen) atoms. The van der Waals surface area contributed by atoms with Gasteiger partial charge in [-0.1, -0.05) is 0 Å². The van der Waals surface area contributed by atoms with Gasteiger partial charge in [0.2, 0.25) is 0 Å². The smallest absolute Gasteiger partial charge is 0.129 e. The van der Waals surface area contributed by atoms with Gasteiger partial charge in [-0.2, -0.15) is 0 Å². The zero-order chi connectivity index (χ0) is 9.14. The molecule has 0 spiro atoms. The van der Waals surface area contributed by atoms with E-state index >= 15 is 0 Å². The summed E-state index contributed by atoms with van der Waals surface area (Å²) in [6.45, 7) is 2.07. The highest BCUT2D eigenvalue weighted by Gasteiger charge is 2.07. The fourth-order valence-electron chi connectivity index (χ4n) is 1.34. The first-order chi connectivity index (χ1) is 5.74. The van der Waals surface area contributed by atoms with E-state index in [-0.39, 0.29) is 0 Å². The Morgan fingerprint density at radius 2 is 1.83 bits per heavy atom. The number of rotatable bonds is 3. The molecule has 0 atom stereocenters. The van der Waals surface area contributed by atoms with Gasteiger partial charge in [0, 0.05) is 26.7 Å². The van der Waals surface area contributed by atoms with Gasteiger partial charge in [-0.15, -0.1) is 0 Å². The molecule has 4 nitrogen and oxygen atoms in total. The number of anilines is 2. The molecule has 0 aliphatic carbocycles. The van der Waals surface area contributed by atoms with Crippen molar-refractivity contribution in [1.29, 1.82) is 0 Å². The van der Waals surface area contributed by atoms with Crippen molar-refractivity contribution in [1.82, 2.24) is 4.68 Å². The summed E-state index contributed by atoms with van der Waals surface area (Å²) in [6, 6.07) is 0. The first-order valence-corrected chi connectivity index (χ1v) is 3.99. The average Bonchev–Trinajstić information content (AvgIpc) is 2.41. The van der Waals surface area contributed by atoms with E-state index in [9.17, 15) is 0 Å². The second-order valence-electron chi connectivity index (χ2n) is 2.61. The van der Waals surface area contributed by atoms with Crippen LogP contribution in [0.25, 0.3) is 0 Å². The second-order valence-corrected chi connectivity index (χ2v) is 2.61. The van der Waals surface area contributed by atoms with E-state index < -0.39 is 0 Å². The summed E-state index contributed by atoms with van der Waals surface area (Å²) >= 11 is 0. The molecule has 68 valence electrons. The monoisotopic (exact) mass is 168 g/mol. The Kier molecular flexibility index (Phi) is 2.47. The second kappa shape index (κ2) is 3.38. The molecule has 0 unspecified atom stereocenters. The standard InChI is InChI=1S/C8H16N4/c1-6-7(9-2)5-12(11-4)8(6)10-3/h5,9-11H,1-4H3. The van der Waals surface area contributed by atoms with Crippen molar-refractivity contribution in [3.8, 4) is 0 Å². The Morgan fingerprint density at radius 3 is 2.17 bits per heavy atom. The molecule has 1 heterocycles. The van der Waals surface area contributed by atoms with E-state index in [0.717, 1.165) is 11.5 Å². The third-order valence-electron chi connectivity index (χ3n) is 2.01. The van der Waals surface area contributed by atoms with E-state index in [1.54, 1.807) is 0 Å². The number of nitrogens with one attached hydrogen (secondary N) is 3. The maximum Gasteiger partial charge on any atom is 0.129 e. The van der Waals surface area contributed by atoms with Crippen LogP contribution >= 0.6 is 0 Å². The molecule has 3 N–H and O–H groups in total. The van der Waals surface area contributed by atoms with Crippen molar-refractivity contribution < 1.29 is 0 Å². The molecule has 0 amide bonds. The highest BCUT2D eigenvalue weighted by molar-refractivity contribution is 5.63. The molecule has 0 saturated heterocycles. The maximum absolute atomic E-state index is 3.13. The van der Waals surface area contributed by atoms with Gasteiger partial charge < -0.3 is 16.1 Å². The largest absolute Gasteiger partial charge is 0.387 e. The lowest BCUT2D eigenvalue weighted by molar-refractivity contribution is 0.939. The fraction of sp³-hybridized carbons (Fsp3) is 0.500. The summed E-state index contributed by atoms with van der Waals surface area (Å²) in [5.74, 6) is 1.09. The van der Waals surface area contributed by atoms with Crippen molar-refractivity contribution in [3.63, 3.8) is 0 Å². The van der Waals surface area contributed by atoms with Crippen LogP contribution in [0, 0.1) is 6.92 Å². The Morgan fingerprint density at radius 1 is 1.17 bits per heavy atom. The van der Waals surface area contributed by atoms with Crippen LogP contribution in [0.15, 0.2) is 6.20 Å². The van der Waals surface area contributed by atoms with Crippen molar-refractivity contribution in [2.75, 3.05) is 37.2 Å². The summed E-state index contributed by atoms with van der Waals surface area (Å²) < 4.78 is 1.95. The van der Waals surface area contributed by atoms with E-state index in [1.807, 2.05) is 32.0 Å². The van der Waals surface area contributed by atoms with Crippen LogP contribution in [0.4, 0.5) is 11.5 Å². The highest BCUT2D eigenvalue weighted by atomic mass is 15.4. The van der Waals surface area contributed by atoms with Gasteiger partial charge in [0.15, 0.2) is 0 Å². The lowest BCUT2D eigenvalue weighted by Crippen LogP contribution is -2.10. The first-order valence-electron chi connectivity index (χ1n) is 3.99. The Bertz CT molecular complexity index is 264. The lowest BCUT2D eigenvalue weighted by Gasteiger charge is -2.07. The van der Waals surface area contributed by atoms with Gasteiger partial charge in [-0.25, -0.2) is 4.68 Å². The van der Waals surface area contributed by atoms with E-state index in [0.29, 0.717) is 0 Å². The van der Waals surface area contributed by atoms with Crippen LogP contribution in [-0.2, 0) is 0 Å². The van der Waals surface area contributed by atoms with Crippen LogP contribution in [0.3, 0.4) is 0 Å². The Hall–Kier alpha value is -1.32. The summed E-state index contributed by atoms with van der Waals surface area (Å²) in [6.07, 6.45) is 2.02. The van der Waals surface area contributed by atoms with E-state index in [4.69, 9.17) is 0 Å². The van der Waals surface area contributed by atoms with Gasteiger partial charge in [0.05, 0.1) is 11.9 Å². The predicted molar refractivity (Wildman–Crippen MR) is 53.5 cm³/mol. The quantitative estimate of drug-likeness (QED) is 0.632. The zero-order valence-electron chi connectivity index (χ0n) is 8.02. The van der Waals surface area contributed by atoms with Crippen molar-refractivity contribution in [2.45, 2.75) is 6.92 Å². The minimum atomic E-state index is 1.09. The molecule has 0 aliphatic rings. The minimum absolute atomic E-state index is 1.09. The fourth-order valence-corrected chi connectivity index (χ4v) is 1.34. The van der Waals surface area contributed by atoms with Gasteiger partial charge in [0.25, 0.3) is 0 Å². The Labute approximate surface area is 72.9 Å². The summed E-state index contributed by atoms with van der Waals surface area (Å²) in [5.41, 5.74) is 5.41. The maximum atomic E-state index is 3.13. The van der Waals surface area contributed by atoms with E-state index in [1.165, 1.54) is 5.56 Å². The third-order valence-corrected chi connectivity index (χ3v) is 2.01. The molecular formula is C8H16N4. The number of nitrogens with zero attached hydrogens (tertiary/aromatic N) is 1. The number of hydrogen-bond acceptors (Lipinski definition) is 3. The van der Waals surface area contributed by atoms with Gasteiger partial charge in [0.1, 0.15) is 5.82 Å². The van der Waals surface area contributed by atoms with Crippen LogP contribution in [0.2, 0.25) is 0 Å². The van der Waals surface area contributed by atoms with E-state index in [2.05, 4.69) is 23.0 Å². The van der Waals surface area contributed by atoms with Crippen LogP contribution in [0.1, 0.15) is 5.56 Å². The predicted octanol–water partition coefficient (Wildman–Crippen LogP) is 1.05. The van der Waals surface area contributed by atoms with Crippen molar-refractivity contribution in [2.24, 2.45) is 0 Å². The summed E-state index contributed by atoms with van der Waals surface area (Å²) in [5, 5.41) is 6.25. The molecule has 1 aromatic rings. The molecule has 1 rings (SSSR count). The lowest BCUT2D eigenvalue weighted by atomic mass is 10.3. The molecule has 1 aromatic heterocycles. The molecular weight excluding hydrogens is 152 g/mol. The molecule has 0 bridgehead atoms. The van der Waals surface area contributed by atoms with Crippen molar-refractivity contribution >= 4 is 11.5 Å². The normalized spacial score (nSPS) is 9.67. The van der Waals surface area contributed by atoms with Crippen LogP contribution in [-0.4, -0.2) is 25.8 Å². The summed E-state index contributed by atoms with van der Waals surface area (Å²) in [4.78, 5) is 0. The number of aromatic nitrogens is 1. The molecule has 0 saturated carbocycles. The third kappa shape index (κ3) is 1.20. The minimum Gasteiger partial charge on any atom is -0.387 e. The molecule has 0 fully saturated rings. The molecule has 0 aliphatic heterocycles. The van der Waals surface area contributed by atoms with Crippen LogP contribution in [0.5, 0.6) is 0 Å². The van der Waals surface area contributed by atoms with Crippen LogP contribution < -0.4 is 16.1 Å². The van der Waals surface area contributed by atoms with Gasteiger partial charge >= 0.3 is 0 Å². The van der Waals surface area contributed by atoms with Gasteiger partial charge in [-0.05, 0) is 6.92 Å². The SMILES string of the molecule is CNc1cn(NC)c(NC)c1C.